The molecule has 0 fully saturated rings. The van der Waals surface area contributed by atoms with Crippen LogP contribution in [0.15, 0.2) is 24.4 Å². The van der Waals surface area contributed by atoms with Gasteiger partial charge < -0.3 is 15.2 Å². The molecule has 0 saturated carbocycles. The number of ether oxygens (including phenoxy) is 2. The molecule has 2 N–H and O–H groups in total. The number of nitrogens with two attached hydrogens (primary N) is 1. The lowest BCUT2D eigenvalue weighted by Crippen LogP contribution is -2.29. The van der Waals surface area contributed by atoms with E-state index in [4.69, 9.17) is 15.2 Å². The van der Waals surface area contributed by atoms with Gasteiger partial charge in [-0.15, -0.1) is 0 Å². The second-order valence-corrected chi connectivity index (χ2v) is 7.13. The molecular weight excluding hydrogens is 338 g/mol. The fourth-order valence-electron chi connectivity index (χ4n) is 3.26. The van der Waals surface area contributed by atoms with Crippen molar-refractivity contribution >= 4 is 0 Å². The predicted molar refractivity (Wildman–Crippen MR) is 96.6 cm³/mol. The Morgan fingerprint density at radius 3 is 2.73 bits per heavy atom. The van der Waals surface area contributed by atoms with Crippen LogP contribution in [0.5, 0.6) is 11.5 Å². The second-order valence-electron chi connectivity index (χ2n) is 7.13. The highest BCUT2D eigenvalue weighted by atomic mass is 19.3. The first-order valence-corrected chi connectivity index (χ1v) is 8.79. The SMILES string of the molecule is Cc1cc2c(cn1)COc1c-2ccc(OC[C@@H](N)CC(C)C)c1C(F)F. The highest BCUT2D eigenvalue weighted by molar-refractivity contribution is 5.78. The van der Waals surface area contributed by atoms with Crippen LogP contribution in [0.1, 0.15) is 43.5 Å². The molecule has 6 heteroatoms. The van der Waals surface area contributed by atoms with E-state index in [1.165, 1.54) is 0 Å². The molecule has 0 aliphatic carbocycles. The number of fused-ring (bicyclic) bond motifs is 3. The van der Waals surface area contributed by atoms with Crippen molar-refractivity contribution in [3.8, 4) is 22.6 Å². The Balaban J connectivity index is 1.95. The van der Waals surface area contributed by atoms with Crippen molar-refractivity contribution in [1.29, 1.82) is 0 Å². The fraction of sp³-hybridized carbons (Fsp3) is 0.450. The molecule has 1 atom stereocenters. The van der Waals surface area contributed by atoms with E-state index in [-0.39, 0.29) is 36.3 Å². The van der Waals surface area contributed by atoms with Gasteiger partial charge in [-0.05, 0) is 43.0 Å². The zero-order valence-corrected chi connectivity index (χ0v) is 15.3. The molecule has 140 valence electrons. The maximum atomic E-state index is 13.8. The normalized spacial score (nSPS) is 14.0. The zero-order chi connectivity index (χ0) is 18.8. The number of nitrogens with zero attached hydrogens (tertiary/aromatic N) is 1. The number of alkyl halides is 2. The van der Waals surface area contributed by atoms with Crippen LogP contribution >= 0.6 is 0 Å². The first kappa shape index (κ1) is 18.6. The van der Waals surface area contributed by atoms with Gasteiger partial charge >= 0.3 is 0 Å². The largest absolute Gasteiger partial charge is 0.491 e. The number of halogens is 2. The van der Waals surface area contributed by atoms with Crippen molar-refractivity contribution in [3.63, 3.8) is 0 Å². The number of rotatable bonds is 6. The molecule has 0 unspecified atom stereocenters. The van der Waals surface area contributed by atoms with Gasteiger partial charge in [0, 0.05) is 29.1 Å². The molecule has 0 saturated heterocycles. The lowest BCUT2D eigenvalue weighted by Gasteiger charge is -2.25. The lowest BCUT2D eigenvalue weighted by molar-refractivity contribution is 0.136. The van der Waals surface area contributed by atoms with E-state index < -0.39 is 6.43 Å². The van der Waals surface area contributed by atoms with Gasteiger partial charge in [0.05, 0.1) is 0 Å². The molecule has 1 aromatic heterocycles. The summed E-state index contributed by atoms with van der Waals surface area (Å²) in [4.78, 5) is 4.25. The van der Waals surface area contributed by atoms with Crippen LogP contribution in [0.2, 0.25) is 0 Å². The van der Waals surface area contributed by atoms with Gasteiger partial charge in [0.1, 0.15) is 30.3 Å². The van der Waals surface area contributed by atoms with Gasteiger partial charge in [0.25, 0.3) is 6.43 Å². The first-order chi connectivity index (χ1) is 12.4. The molecule has 1 aliphatic rings. The fourth-order valence-corrected chi connectivity index (χ4v) is 3.26. The average molecular weight is 362 g/mol. The van der Waals surface area contributed by atoms with Crippen LogP contribution in [-0.2, 0) is 6.61 Å². The van der Waals surface area contributed by atoms with E-state index >= 15 is 0 Å². The summed E-state index contributed by atoms with van der Waals surface area (Å²) in [6.45, 7) is 6.40. The number of pyridine rings is 1. The Labute approximate surface area is 152 Å². The Kier molecular flexibility index (Phi) is 5.41. The number of hydrogen-bond acceptors (Lipinski definition) is 4. The quantitative estimate of drug-likeness (QED) is 0.813. The molecule has 3 rings (SSSR count). The van der Waals surface area contributed by atoms with Crippen molar-refractivity contribution in [3.05, 3.63) is 41.2 Å². The summed E-state index contributed by atoms with van der Waals surface area (Å²) in [6, 6.07) is 5.04. The third-order valence-corrected chi connectivity index (χ3v) is 4.39. The minimum Gasteiger partial charge on any atom is -0.491 e. The molecule has 2 aromatic rings. The van der Waals surface area contributed by atoms with E-state index in [9.17, 15) is 8.78 Å². The van der Waals surface area contributed by atoms with Crippen LogP contribution in [0, 0.1) is 12.8 Å². The second kappa shape index (κ2) is 7.58. The van der Waals surface area contributed by atoms with E-state index in [0.717, 1.165) is 23.2 Å². The van der Waals surface area contributed by atoms with Crippen LogP contribution in [0.4, 0.5) is 8.78 Å². The topological polar surface area (TPSA) is 57.4 Å². The average Bonchev–Trinajstić information content (AvgIpc) is 2.58. The Hall–Kier alpha value is -2.21. The van der Waals surface area contributed by atoms with Crippen LogP contribution in [0.3, 0.4) is 0 Å². The van der Waals surface area contributed by atoms with Crippen LogP contribution < -0.4 is 15.2 Å². The molecule has 26 heavy (non-hydrogen) atoms. The predicted octanol–water partition coefficient (Wildman–Crippen LogP) is 4.64. The standard InChI is InChI=1S/C20H24F2N2O2/c1-11(2)6-14(23)10-25-17-5-4-15-16-7-12(3)24-8-13(16)9-26-19(15)18(17)20(21)22/h4-5,7-8,11,14,20H,6,9-10,23H2,1-3H3/t14-/m0/s1. The summed E-state index contributed by atoms with van der Waals surface area (Å²) in [5.41, 5.74) is 9.04. The number of aryl methyl sites for hydroxylation is 1. The third-order valence-electron chi connectivity index (χ3n) is 4.39. The minimum atomic E-state index is -2.70. The van der Waals surface area contributed by atoms with Gasteiger partial charge in [-0.25, -0.2) is 8.78 Å². The summed E-state index contributed by atoms with van der Waals surface area (Å²) in [6.07, 6.45) is -0.207. The molecule has 1 aliphatic heterocycles. The van der Waals surface area contributed by atoms with Crippen molar-refractivity contribution in [2.24, 2.45) is 11.7 Å². The van der Waals surface area contributed by atoms with Gasteiger partial charge in [-0.3, -0.25) is 4.98 Å². The summed E-state index contributed by atoms with van der Waals surface area (Å²) in [5, 5.41) is 0. The van der Waals surface area contributed by atoms with Crippen molar-refractivity contribution in [2.75, 3.05) is 6.61 Å². The third kappa shape index (κ3) is 3.80. The maximum Gasteiger partial charge on any atom is 0.271 e. The van der Waals surface area contributed by atoms with E-state index in [1.54, 1.807) is 18.3 Å². The highest BCUT2D eigenvalue weighted by Crippen LogP contribution is 2.47. The van der Waals surface area contributed by atoms with Gasteiger partial charge in [-0.2, -0.15) is 0 Å². The lowest BCUT2D eigenvalue weighted by atomic mass is 9.95. The van der Waals surface area contributed by atoms with E-state index in [2.05, 4.69) is 18.8 Å². The number of aromatic nitrogens is 1. The van der Waals surface area contributed by atoms with Crippen molar-refractivity contribution in [1.82, 2.24) is 4.98 Å². The molecule has 2 heterocycles. The molecule has 0 amide bonds. The Morgan fingerprint density at radius 1 is 1.27 bits per heavy atom. The van der Waals surface area contributed by atoms with Gasteiger partial charge in [0.2, 0.25) is 0 Å². The molecule has 1 aromatic carbocycles. The molecule has 0 spiro atoms. The summed E-state index contributed by atoms with van der Waals surface area (Å²) < 4.78 is 38.9. The molecule has 0 radical (unpaired) electrons. The van der Waals surface area contributed by atoms with Crippen LogP contribution in [-0.4, -0.2) is 17.6 Å². The Bertz CT molecular complexity index is 794. The molecule has 4 nitrogen and oxygen atoms in total. The van der Waals surface area contributed by atoms with Crippen molar-refractivity contribution in [2.45, 2.75) is 46.3 Å². The first-order valence-electron chi connectivity index (χ1n) is 8.79. The number of hydrogen-bond donors (Lipinski definition) is 1. The van der Waals surface area contributed by atoms with Gasteiger partial charge in [-0.1, -0.05) is 13.8 Å². The van der Waals surface area contributed by atoms with Crippen LogP contribution in [0.25, 0.3) is 11.1 Å². The molecule has 0 bridgehead atoms. The zero-order valence-electron chi connectivity index (χ0n) is 15.3. The number of benzene rings is 1. The highest BCUT2D eigenvalue weighted by Gasteiger charge is 2.28. The van der Waals surface area contributed by atoms with Gasteiger partial charge in [0.15, 0.2) is 0 Å². The summed E-state index contributed by atoms with van der Waals surface area (Å²) in [5.74, 6) is 0.739. The monoisotopic (exact) mass is 362 g/mol. The van der Waals surface area contributed by atoms with E-state index in [0.29, 0.717) is 11.5 Å². The van der Waals surface area contributed by atoms with Crippen molar-refractivity contribution < 1.29 is 18.3 Å². The smallest absolute Gasteiger partial charge is 0.271 e. The molecular formula is C20H24F2N2O2. The Morgan fingerprint density at radius 2 is 2.04 bits per heavy atom. The summed E-state index contributed by atoms with van der Waals surface area (Å²) in [7, 11) is 0. The summed E-state index contributed by atoms with van der Waals surface area (Å²) >= 11 is 0. The van der Waals surface area contributed by atoms with E-state index in [1.807, 2.05) is 13.0 Å². The maximum absolute atomic E-state index is 13.8. The minimum absolute atomic E-state index is 0.132.